The number of aromatic nitrogens is 2. The number of nitrogens with one attached hydrogen (secondary N) is 1. The third-order valence-electron chi connectivity index (χ3n) is 4.20. The summed E-state index contributed by atoms with van der Waals surface area (Å²) in [7, 11) is -1.20. The van der Waals surface area contributed by atoms with E-state index in [-0.39, 0.29) is 31.5 Å². The quantitative estimate of drug-likeness (QED) is 0.598. The average Bonchev–Trinajstić information content (AvgIpc) is 2.63. The van der Waals surface area contributed by atoms with Gasteiger partial charge in [-0.3, -0.25) is 18.7 Å². The predicted molar refractivity (Wildman–Crippen MR) is 106 cm³/mol. The number of aromatic carboxylic acids is 1. The van der Waals surface area contributed by atoms with E-state index in [2.05, 4.69) is 20.7 Å². The zero-order valence-electron chi connectivity index (χ0n) is 14.6. The number of rotatable bonds is 4. The first-order valence-electron chi connectivity index (χ1n) is 7.78. The number of benzene rings is 2. The SMILES string of the molecule is Cn1c(=O)c2ccc(NS(=O)(=O)c3ccc(C(=O)O)c(Br)c3)cc2n(C)c1=O. The molecule has 2 aromatic carbocycles. The standard InChI is InChI=1S/C17H14BrN3O6S/c1-20-14-7-9(3-5-12(14)15(22)21(2)17(20)25)19-28(26,27)10-4-6-11(16(23)24)13(18)8-10/h3-8,19H,1-2H3,(H,23,24). The molecule has 11 heteroatoms. The fourth-order valence-electron chi connectivity index (χ4n) is 2.70. The normalized spacial score (nSPS) is 11.5. The minimum Gasteiger partial charge on any atom is -0.478 e. The molecule has 0 unspecified atom stereocenters. The number of hydrogen-bond acceptors (Lipinski definition) is 5. The lowest BCUT2D eigenvalue weighted by Crippen LogP contribution is -2.36. The summed E-state index contributed by atoms with van der Waals surface area (Å²) < 4.78 is 30.0. The molecule has 0 fully saturated rings. The topological polar surface area (TPSA) is 127 Å². The van der Waals surface area contributed by atoms with Gasteiger partial charge in [0.25, 0.3) is 15.6 Å². The molecule has 1 heterocycles. The summed E-state index contributed by atoms with van der Waals surface area (Å²) in [6, 6.07) is 7.75. The van der Waals surface area contributed by atoms with E-state index in [4.69, 9.17) is 5.11 Å². The maximum absolute atomic E-state index is 12.6. The van der Waals surface area contributed by atoms with Crippen LogP contribution in [0.25, 0.3) is 10.9 Å². The molecule has 0 aliphatic carbocycles. The number of sulfonamides is 1. The van der Waals surface area contributed by atoms with E-state index in [1.807, 2.05) is 0 Å². The minimum absolute atomic E-state index is 0.0736. The average molecular weight is 468 g/mol. The maximum Gasteiger partial charge on any atom is 0.336 e. The number of carboxylic acid groups (broad SMARTS) is 1. The summed E-state index contributed by atoms with van der Waals surface area (Å²) in [6.45, 7) is 0. The molecule has 146 valence electrons. The predicted octanol–water partition coefficient (Wildman–Crippen LogP) is 1.50. The molecule has 3 rings (SSSR count). The van der Waals surface area contributed by atoms with Crippen LogP contribution < -0.4 is 16.0 Å². The fourth-order valence-corrected chi connectivity index (χ4v) is 4.47. The first-order chi connectivity index (χ1) is 13.0. The number of halogens is 1. The Kier molecular flexibility index (Phi) is 4.90. The van der Waals surface area contributed by atoms with Crippen LogP contribution in [-0.4, -0.2) is 28.6 Å². The van der Waals surface area contributed by atoms with Gasteiger partial charge in [-0.2, -0.15) is 0 Å². The first-order valence-corrected chi connectivity index (χ1v) is 10.1. The van der Waals surface area contributed by atoms with Crippen LogP contribution in [0, 0.1) is 0 Å². The number of carbonyl (C=O) groups is 1. The molecule has 0 aliphatic heterocycles. The summed E-state index contributed by atoms with van der Waals surface area (Å²) in [5.41, 5.74) is -0.674. The molecule has 0 radical (unpaired) electrons. The first kappa shape index (κ1) is 19.8. The Bertz CT molecular complexity index is 1360. The Labute approximate surface area is 167 Å². The second-order valence-corrected chi connectivity index (χ2v) is 8.53. The lowest BCUT2D eigenvalue weighted by atomic mass is 10.2. The van der Waals surface area contributed by atoms with Crippen LogP contribution in [0.15, 0.2) is 55.4 Å². The zero-order valence-corrected chi connectivity index (χ0v) is 17.0. The molecular formula is C17H14BrN3O6S. The van der Waals surface area contributed by atoms with Crippen molar-refractivity contribution in [2.75, 3.05) is 4.72 Å². The molecule has 1 aromatic heterocycles. The second kappa shape index (κ2) is 6.91. The van der Waals surface area contributed by atoms with E-state index < -0.39 is 27.2 Å². The zero-order chi connectivity index (χ0) is 20.8. The molecule has 0 aliphatic rings. The fraction of sp³-hybridized carbons (Fsp3) is 0.118. The van der Waals surface area contributed by atoms with Crippen molar-refractivity contribution in [1.29, 1.82) is 0 Å². The molecule has 9 nitrogen and oxygen atoms in total. The molecule has 0 atom stereocenters. The van der Waals surface area contributed by atoms with E-state index in [0.29, 0.717) is 0 Å². The summed E-state index contributed by atoms with van der Waals surface area (Å²) in [5, 5.41) is 9.30. The number of nitrogens with zero attached hydrogens (tertiary/aromatic N) is 2. The molecule has 3 aromatic rings. The van der Waals surface area contributed by atoms with Crippen LogP contribution in [0.1, 0.15) is 10.4 Å². The highest BCUT2D eigenvalue weighted by Crippen LogP contribution is 2.24. The van der Waals surface area contributed by atoms with Gasteiger partial charge in [0.2, 0.25) is 0 Å². The van der Waals surface area contributed by atoms with Gasteiger partial charge >= 0.3 is 11.7 Å². The molecule has 0 saturated carbocycles. The monoisotopic (exact) mass is 467 g/mol. The Balaban J connectivity index is 2.07. The van der Waals surface area contributed by atoms with Crippen molar-refractivity contribution in [1.82, 2.24) is 9.13 Å². The highest BCUT2D eigenvalue weighted by molar-refractivity contribution is 9.10. The lowest BCUT2D eigenvalue weighted by Gasteiger charge is -2.12. The van der Waals surface area contributed by atoms with Gasteiger partial charge in [-0.25, -0.2) is 18.0 Å². The largest absolute Gasteiger partial charge is 0.478 e. The van der Waals surface area contributed by atoms with Crippen LogP contribution in [0.5, 0.6) is 0 Å². The van der Waals surface area contributed by atoms with Gasteiger partial charge in [-0.1, -0.05) is 0 Å². The van der Waals surface area contributed by atoms with Gasteiger partial charge in [0, 0.05) is 18.6 Å². The van der Waals surface area contributed by atoms with Gasteiger partial charge < -0.3 is 5.11 Å². The van der Waals surface area contributed by atoms with Crippen molar-refractivity contribution in [3.05, 3.63) is 67.3 Å². The van der Waals surface area contributed by atoms with E-state index in [9.17, 15) is 22.8 Å². The highest BCUT2D eigenvalue weighted by atomic mass is 79.9. The molecular weight excluding hydrogens is 454 g/mol. The summed E-state index contributed by atoms with van der Waals surface area (Å²) in [4.78, 5) is 35.2. The summed E-state index contributed by atoms with van der Waals surface area (Å²) >= 11 is 3.04. The van der Waals surface area contributed by atoms with Crippen molar-refractivity contribution in [2.45, 2.75) is 4.90 Å². The lowest BCUT2D eigenvalue weighted by molar-refractivity contribution is 0.0695. The summed E-state index contributed by atoms with van der Waals surface area (Å²) in [6.07, 6.45) is 0. The van der Waals surface area contributed by atoms with E-state index in [1.165, 1.54) is 55.1 Å². The molecule has 0 spiro atoms. The summed E-state index contributed by atoms with van der Waals surface area (Å²) in [5.74, 6) is -1.19. The molecule has 28 heavy (non-hydrogen) atoms. The number of carboxylic acids is 1. The van der Waals surface area contributed by atoms with Gasteiger partial charge in [-0.15, -0.1) is 0 Å². The van der Waals surface area contributed by atoms with Gasteiger partial charge in [0.05, 0.1) is 27.0 Å². The number of aryl methyl sites for hydroxylation is 1. The van der Waals surface area contributed by atoms with Crippen LogP contribution in [0.3, 0.4) is 0 Å². The van der Waals surface area contributed by atoms with Crippen molar-refractivity contribution in [2.24, 2.45) is 14.1 Å². The van der Waals surface area contributed by atoms with Crippen LogP contribution in [0.2, 0.25) is 0 Å². The van der Waals surface area contributed by atoms with Crippen LogP contribution >= 0.6 is 15.9 Å². The Morgan fingerprint density at radius 3 is 2.36 bits per heavy atom. The molecule has 0 bridgehead atoms. The second-order valence-electron chi connectivity index (χ2n) is 5.99. The number of hydrogen-bond donors (Lipinski definition) is 2. The van der Waals surface area contributed by atoms with Gasteiger partial charge in [0.1, 0.15) is 0 Å². The Hall–Kier alpha value is -2.92. The number of anilines is 1. The third kappa shape index (κ3) is 3.34. The van der Waals surface area contributed by atoms with Crippen molar-refractivity contribution in [3.63, 3.8) is 0 Å². The van der Waals surface area contributed by atoms with Crippen LogP contribution in [0.4, 0.5) is 5.69 Å². The van der Waals surface area contributed by atoms with Crippen molar-refractivity contribution >= 4 is 48.5 Å². The van der Waals surface area contributed by atoms with E-state index in [1.54, 1.807) is 0 Å². The maximum atomic E-state index is 12.6. The van der Waals surface area contributed by atoms with E-state index in [0.717, 1.165) is 4.57 Å². The van der Waals surface area contributed by atoms with E-state index >= 15 is 0 Å². The molecule has 0 amide bonds. The van der Waals surface area contributed by atoms with Crippen molar-refractivity contribution in [3.8, 4) is 0 Å². The highest BCUT2D eigenvalue weighted by Gasteiger charge is 2.18. The van der Waals surface area contributed by atoms with Crippen LogP contribution in [-0.2, 0) is 24.1 Å². The Morgan fingerprint density at radius 1 is 1.07 bits per heavy atom. The minimum atomic E-state index is -4.03. The van der Waals surface area contributed by atoms with Gasteiger partial charge in [-0.05, 0) is 52.3 Å². The van der Waals surface area contributed by atoms with Gasteiger partial charge in [0.15, 0.2) is 0 Å². The molecule has 2 N–H and O–H groups in total. The van der Waals surface area contributed by atoms with Crippen molar-refractivity contribution < 1.29 is 18.3 Å². The third-order valence-corrected chi connectivity index (χ3v) is 6.24. The molecule has 0 saturated heterocycles. The smallest absolute Gasteiger partial charge is 0.336 e. The Morgan fingerprint density at radius 2 is 1.75 bits per heavy atom. The number of fused-ring (bicyclic) bond motifs is 1.